The zero-order chi connectivity index (χ0) is 10.2. The third kappa shape index (κ3) is 3.69. The van der Waals surface area contributed by atoms with Crippen LogP contribution in [-0.4, -0.2) is 0 Å². The number of hydrogen-bond donors (Lipinski definition) is 0. The van der Waals surface area contributed by atoms with Crippen molar-refractivity contribution in [3.63, 3.8) is 0 Å². The van der Waals surface area contributed by atoms with Crippen LogP contribution in [0, 0.1) is 0 Å². The van der Waals surface area contributed by atoms with E-state index in [2.05, 4.69) is 13.5 Å². The van der Waals surface area contributed by atoms with Crippen molar-refractivity contribution in [2.24, 2.45) is 0 Å². The Hall–Kier alpha value is -0.520. The van der Waals surface area contributed by atoms with Crippen LogP contribution in [0.4, 0.5) is 0 Å². The molecule has 0 aliphatic heterocycles. The first kappa shape index (κ1) is 11.6. The summed E-state index contributed by atoms with van der Waals surface area (Å²) < 4.78 is 0. The van der Waals surface area contributed by atoms with Crippen LogP contribution in [0.15, 0.2) is 23.8 Å². The number of rotatable bonds is 8. The summed E-state index contributed by atoms with van der Waals surface area (Å²) in [7, 11) is 0. The second-order valence-corrected chi connectivity index (χ2v) is 4.35. The molecule has 0 heteroatoms. The Morgan fingerprint density at radius 2 is 1.71 bits per heavy atom. The second kappa shape index (κ2) is 6.86. The van der Waals surface area contributed by atoms with Crippen LogP contribution >= 0.6 is 0 Å². The smallest absolute Gasteiger partial charge is 0.0280 e. The summed E-state index contributed by atoms with van der Waals surface area (Å²) in [6.45, 7) is 6.04. The van der Waals surface area contributed by atoms with Crippen molar-refractivity contribution in [1.29, 1.82) is 0 Å². The molecule has 0 aromatic rings. The third-order valence-electron chi connectivity index (χ3n) is 3.20. The van der Waals surface area contributed by atoms with E-state index in [1.165, 1.54) is 57.8 Å². The Morgan fingerprint density at radius 1 is 1.07 bits per heavy atom. The van der Waals surface area contributed by atoms with Crippen LogP contribution in [0.3, 0.4) is 0 Å². The fraction of sp³-hybridized carbons (Fsp3) is 0.714. The van der Waals surface area contributed by atoms with Crippen molar-refractivity contribution in [3.8, 4) is 0 Å². The quantitative estimate of drug-likeness (QED) is 0.374. The van der Waals surface area contributed by atoms with Crippen LogP contribution in [0.2, 0.25) is 0 Å². The predicted octanol–water partition coefficient (Wildman–Crippen LogP) is 5.01. The monoisotopic (exact) mass is 192 g/mol. The highest BCUT2D eigenvalue weighted by atomic mass is 14.2. The molecule has 0 bridgehead atoms. The average Bonchev–Trinajstić information content (AvgIpc) is 2.16. The topological polar surface area (TPSA) is 0 Å². The Morgan fingerprint density at radius 3 is 2.21 bits per heavy atom. The molecule has 0 nitrogen and oxygen atoms in total. The second-order valence-electron chi connectivity index (χ2n) is 4.35. The normalized spacial score (nSPS) is 15.5. The lowest BCUT2D eigenvalue weighted by molar-refractivity contribution is 0.627. The maximum atomic E-state index is 3.75. The minimum atomic E-state index is 1.19. The molecule has 0 saturated heterocycles. The first-order valence-corrected chi connectivity index (χ1v) is 6.19. The third-order valence-corrected chi connectivity index (χ3v) is 3.20. The van der Waals surface area contributed by atoms with Gasteiger partial charge in [-0.3, -0.25) is 0 Å². The van der Waals surface area contributed by atoms with Gasteiger partial charge in [-0.05, 0) is 51.4 Å². The van der Waals surface area contributed by atoms with E-state index in [1.54, 1.807) is 11.1 Å². The van der Waals surface area contributed by atoms with Crippen LogP contribution in [0.5, 0.6) is 0 Å². The van der Waals surface area contributed by atoms with Crippen molar-refractivity contribution in [3.05, 3.63) is 23.8 Å². The van der Waals surface area contributed by atoms with E-state index in [9.17, 15) is 0 Å². The van der Waals surface area contributed by atoms with Gasteiger partial charge in [0.2, 0.25) is 0 Å². The molecule has 0 fully saturated rings. The lowest BCUT2D eigenvalue weighted by Gasteiger charge is -2.24. The molecule has 0 heterocycles. The Balaban J connectivity index is 2.13. The van der Waals surface area contributed by atoms with E-state index in [4.69, 9.17) is 0 Å². The number of allylic oxidation sites excluding steroid dienone is 3. The highest BCUT2D eigenvalue weighted by Crippen LogP contribution is 2.34. The van der Waals surface area contributed by atoms with Crippen LogP contribution in [-0.2, 0) is 0 Å². The van der Waals surface area contributed by atoms with Crippen LogP contribution in [0.1, 0.15) is 64.7 Å². The van der Waals surface area contributed by atoms with Gasteiger partial charge >= 0.3 is 0 Å². The minimum absolute atomic E-state index is 1.19. The van der Waals surface area contributed by atoms with Gasteiger partial charge < -0.3 is 0 Å². The molecule has 0 radical (unpaired) electrons. The molecule has 0 spiro atoms. The van der Waals surface area contributed by atoms with E-state index in [0.717, 1.165) is 0 Å². The maximum Gasteiger partial charge on any atom is -0.0280 e. The summed E-state index contributed by atoms with van der Waals surface area (Å²) in [6, 6.07) is 0. The zero-order valence-corrected chi connectivity index (χ0v) is 9.65. The van der Waals surface area contributed by atoms with Gasteiger partial charge in [0.15, 0.2) is 0 Å². The molecule has 1 rings (SSSR count). The molecule has 80 valence electrons. The largest absolute Gasteiger partial charge is 0.103 e. The summed E-state index contributed by atoms with van der Waals surface area (Å²) in [6.07, 6.45) is 14.2. The van der Waals surface area contributed by atoms with Crippen molar-refractivity contribution in [2.45, 2.75) is 64.7 Å². The first-order chi connectivity index (χ1) is 6.88. The Bertz CT molecular complexity index is 198. The van der Waals surface area contributed by atoms with Gasteiger partial charge in [0.1, 0.15) is 0 Å². The highest BCUT2D eigenvalue weighted by Gasteiger charge is 2.15. The van der Waals surface area contributed by atoms with Crippen molar-refractivity contribution >= 4 is 0 Å². The zero-order valence-electron chi connectivity index (χ0n) is 9.65. The lowest BCUT2D eigenvalue weighted by Crippen LogP contribution is -2.04. The lowest BCUT2D eigenvalue weighted by atomic mass is 9.82. The molecule has 0 aromatic heterocycles. The van der Waals surface area contributed by atoms with Gasteiger partial charge in [-0.15, -0.1) is 6.58 Å². The van der Waals surface area contributed by atoms with Gasteiger partial charge in [-0.2, -0.15) is 0 Å². The Labute approximate surface area is 89.1 Å². The molecule has 1 aliphatic rings. The summed E-state index contributed by atoms with van der Waals surface area (Å²) in [5.74, 6) is 0. The molecule has 0 unspecified atom stereocenters. The van der Waals surface area contributed by atoms with Crippen molar-refractivity contribution in [1.82, 2.24) is 0 Å². The fourth-order valence-electron chi connectivity index (χ4n) is 2.10. The molecule has 0 saturated carbocycles. The molecule has 0 aromatic carbocycles. The average molecular weight is 192 g/mol. The van der Waals surface area contributed by atoms with Gasteiger partial charge in [0, 0.05) is 0 Å². The van der Waals surface area contributed by atoms with E-state index in [-0.39, 0.29) is 0 Å². The molecular formula is C14H24. The van der Waals surface area contributed by atoms with Crippen molar-refractivity contribution < 1.29 is 0 Å². The fourth-order valence-corrected chi connectivity index (χ4v) is 2.10. The SMILES string of the molecule is C=CCCCCC1=C(CCCC)CC1. The van der Waals surface area contributed by atoms with Gasteiger partial charge in [-0.1, -0.05) is 30.6 Å². The first-order valence-electron chi connectivity index (χ1n) is 6.19. The molecule has 0 amide bonds. The predicted molar refractivity (Wildman–Crippen MR) is 64.5 cm³/mol. The van der Waals surface area contributed by atoms with E-state index < -0.39 is 0 Å². The molecule has 14 heavy (non-hydrogen) atoms. The Kier molecular flexibility index (Phi) is 5.66. The van der Waals surface area contributed by atoms with E-state index >= 15 is 0 Å². The van der Waals surface area contributed by atoms with Crippen LogP contribution in [0.25, 0.3) is 0 Å². The van der Waals surface area contributed by atoms with Crippen molar-refractivity contribution in [2.75, 3.05) is 0 Å². The molecular weight excluding hydrogens is 168 g/mol. The van der Waals surface area contributed by atoms with Gasteiger partial charge in [0.05, 0.1) is 0 Å². The minimum Gasteiger partial charge on any atom is -0.103 e. The number of unbranched alkanes of at least 4 members (excludes halogenated alkanes) is 3. The highest BCUT2D eigenvalue weighted by molar-refractivity contribution is 5.24. The summed E-state index contributed by atoms with van der Waals surface area (Å²) in [5, 5.41) is 0. The maximum absolute atomic E-state index is 3.75. The van der Waals surface area contributed by atoms with E-state index in [1.807, 2.05) is 6.08 Å². The van der Waals surface area contributed by atoms with E-state index in [0.29, 0.717) is 0 Å². The summed E-state index contributed by atoms with van der Waals surface area (Å²) >= 11 is 0. The summed E-state index contributed by atoms with van der Waals surface area (Å²) in [5.41, 5.74) is 3.59. The number of hydrogen-bond acceptors (Lipinski definition) is 0. The van der Waals surface area contributed by atoms with Gasteiger partial charge in [-0.25, -0.2) is 0 Å². The van der Waals surface area contributed by atoms with Gasteiger partial charge in [0.25, 0.3) is 0 Å². The summed E-state index contributed by atoms with van der Waals surface area (Å²) in [4.78, 5) is 0. The standard InChI is InChI=1S/C14H24/c1-3-5-7-8-10-14-12-11-13(14)9-6-4-2/h3H,1,4-12H2,2H3. The van der Waals surface area contributed by atoms with Crippen LogP contribution < -0.4 is 0 Å². The molecule has 0 atom stereocenters. The molecule has 1 aliphatic carbocycles. The molecule has 0 N–H and O–H groups in total.